The minimum atomic E-state index is -4.30. The van der Waals surface area contributed by atoms with Gasteiger partial charge in [0, 0.05) is 5.39 Å². The zero-order valence-corrected chi connectivity index (χ0v) is 11.9. The maximum atomic E-state index is 11.8. The Balaban J connectivity index is 2.20. The molecule has 5 heteroatoms. The van der Waals surface area contributed by atoms with Crippen molar-refractivity contribution in [2.45, 2.75) is 5.25 Å². The van der Waals surface area contributed by atoms with Gasteiger partial charge in [-0.15, -0.1) is 0 Å². The van der Waals surface area contributed by atoms with E-state index in [1.807, 2.05) is 24.3 Å². The van der Waals surface area contributed by atoms with Gasteiger partial charge < -0.3 is 0 Å². The third kappa shape index (κ3) is 2.79. The topological polar surface area (TPSA) is 67.3 Å². The van der Waals surface area contributed by atoms with Crippen molar-refractivity contribution >= 4 is 21.0 Å². The lowest BCUT2D eigenvalue weighted by molar-refractivity contribution is 0.474. The molecule has 0 bridgehead atoms. The van der Waals surface area contributed by atoms with Crippen LogP contribution in [0.4, 0.5) is 0 Å². The highest BCUT2D eigenvalue weighted by molar-refractivity contribution is 7.86. The number of benzene rings is 2. The molecule has 106 valence electrons. The van der Waals surface area contributed by atoms with E-state index in [0.29, 0.717) is 16.8 Å². The SMILES string of the molecule is O=S(=O)(O)C(c1ccccc1)c1ccc2ccccc2n1. The fourth-order valence-electron chi connectivity index (χ4n) is 2.35. The number of para-hydroxylation sites is 1. The molecule has 21 heavy (non-hydrogen) atoms. The van der Waals surface area contributed by atoms with Gasteiger partial charge in [-0.3, -0.25) is 9.54 Å². The van der Waals surface area contributed by atoms with Crippen molar-refractivity contribution in [3.63, 3.8) is 0 Å². The third-order valence-electron chi connectivity index (χ3n) is 3.29. The Bertz CT molecular complexity index is 876. The van der Waals surface area contributed by atoms with Crippen LogP contribution in [0.5, 0.6) is 0 Å². The van der Waals surface area contributed by atoms with E-state index in [2.05, 4.69) is 4.98 Å². The van der Waals surface area contributed by atoms with Crippen LogP contribution in [0, 0.1) is 0 Å². The van der Waals surface area contributed by atoms with E-state index in [1.54, 1.807) is 42.5 Å². The molecular weight excluding hydrogens is 286 g/mol. The summed E-state index contributed by atoms with van der Waals surface area (Å²) in [5, 5.41) is -0.258. The second-order valence-corrected chi connectivity index (χ2v) is 6.24. The normalized spacial score (nSPS) is 13.2. The van der Waals surface area contributed by atoms with E-state index < -0.39 is 15.4 Å². The summed E-state index contributed by atoms with van der Waals surface area (Å²) in [7, 11) is -4.30. The number of rotatable bonds is 3. The average Bonchev–Trinajstić information content (AvgIpc) is 2.47. The van der Waals surface area contributed by atoms with Gasteiger partial charge in [-0.25, -0.2) is 0 Å². The fraction of sp³-hybridized carbons (Fsp3) is 0.0625. The third-order valence-corrected chi connectivity index (χ3v) is 4.40. The van der Waals surface area contributed by atoms with Crippen molar-refractivity contribution in [2.75, 3.05) is 0 Å². The van der Waals surface area contributed by atoms with Crippen LogP contribution in [-0.4, -0.2) is 18.0 Å². The van der Waals surface area contributed by atoms with E-state index >= 15 is 0 Å². The van der Waals surface area contributed by atoms with Crippen molar-refractivity contribution in [3.05, 3.63) is 78.0 Å². The van der Waals surface area contributed by atoms with E-state index in [4.69, 9.17) is 0 Å². The Kier molecular flexibility index (Phi) is 3.45. The quantitative estimate of drug-likeness (QED) is 0.754. The van der Waals surface area contributed by atoms with Gasteiger partial charge in [-0.1, -0.05) is 54.6 Å². The van der Waals surface area contributed by atoms with Crippen LogP contribution in [0.2, 0.25) is 0 Å². The molecule has 1 atom stereocenters. The minimum absolute atomic E-state index is 0.308. The lowest BCUT2D eigenvalue weighted by atomic mass is 10.1. The number of hydrogen-bond acceptors (Lipinski definition) is 3. The summed E-state index contributed by atoms with van der Waals surface area (Å²) >= 11 is 0. The lowest BCUT2D eigenvalue weighted by Gasteiger charge is -2.14. The summed E-state index contributed by atoms with van der Waals surface area (Å²) in [6.07, 6.45) is 0. The minimum Gasteiger partial charge on any atom is -0.285 e. The Labute approximate surface area is 122 Å². The van der Waals surface area contributed by atoms with Crippen LogP contribution in [-0.2, 0) is 10.1 Å². The van der Waals surface area contributed by atoms with Crippen LogP contribution in [0.1, 0.15) is 16.5 Å². The van der Waals surface area contributed by atoms with Gasteiger partial charge in [0.1, 0.15) is 0 Å². The van der Waals surface area contributed by atoms with E-state index in [1.165, 1.54) is 0 Å². The molecule has 1 unspecified atom stereocenters. The van der Waals surface area contributed by atoms with Gasteiger partial charge in [0.05, 0.1) is 11.2 Å². The highest BCUT2D eigenvalue weighted by atomic mass is 32.2. The predicted molar refractivity (Wildman–Crippen MR) is 81.6 cm³/mol. The van der Waals surface area contributed by atoms with Gasteiger partial charge in [0.25, 0.3) is 10.1 Å². The summed E-state index contributed by atoms with van der Waals surface area (Å²) < 4.78 is 33.2. The zero-order chi connectivity index (χ0) is 14.9. The molecule has 3 aromatic rings. The zero-order valence-electron chi connectivity index (χ0n) is 11.0. The van der Waals surface area contributed by atoms with Gasteiger partial charge >= 0.3 is 0 Å². The predicted octanol–water partition coefficient (Wildman–Crippen LogP) is 3.21. The van der Waals surface area contributed by atoms with Crippen molar-refractivity contribution < 1.29 is 13.0 Å². The Morgan fingerprint density at radius 3 is 2.24 bits per heavy atom. The molecule has 2 aromatic carbocycles. The highest BCUT2D eigenvalue weighted by Crippen LogP contribution is 2.29. The van der Waals surface area contributed by atoms with E-state index in [0.717, 1.165) is 5.39 Å². The molecule has 4 nitrogen and oxygen atoms in total. The van der Waals surface area contributed by atoms with E-state index in [-0.39, 0.29) is 0 Å². The molecule has 0 saturated carbocycles. The molecule has 3 rings (SSSR count). The molecule has 0 saturated heterocycles. The van der Waals surface area contributed by atoms with Crippen LogP contribution in [0.25, 0.3) is 10.9 Å². The van der Waals surface area contributed by atoms with E-state index in [9.17, 15) is 13.0 Å². The highest BCUT2D eigenvalue weighted by Gasteiger charge is 2.28. The summed E-state index contributed by atoms with van der Waals surface area (Å²) in [6, 6.07) is 19.5. The molecule has 0 fully saturated rings. The first-order valence-corrected chi connectivity index (χ1v) is 7.93. The molecule has 0 aliphatic heterocycles. The van der Waals surface area contributed by atoms with Gasteiger partial charge in [-0.05, 0) is 17.7 Å². The second-order valence-electron chi connectivity index (χ2n) is 4.73. The Hall–Kier alpha value is -2.24. The van der Waals surface area contributed by atoms with Gasteiger partial charge in [0.2, 0.25) is 0 Å². The monoisotopic (exact) mass is 299 g/mol. The molecule has 0 spiro atoms. The molecule has 0 amide bonds. The molecule has 1 aromatic heterocycles. The number of fused-ring (bicyclic) bond motifs is 1. The second kappa shape index (κ2) is 5.27. The maximum Gasteiger partial charge on any atom is 0.277 e. The first-order chi connectivity index (χ1) is 10.1. The molecule has 1 N–H and O–H groups in total. The van der Waals surface area contributed by atoms with Crippen molar-refractivity contribution in [2.24, 2.45) is 0 Å². The van der Waals surface area contributed by atoms with Crippen molar-refractivity contribution in [1.82, 2.24) is 4.98 Å². The summed E-state index contributed by atoms with van der Waals surface area (Å²) in [6.45, 7) is 0. The molecule has 0 aliphatic carbocycles. The van der Waals surface area contributed by atoms with Gasteiger partial charge in [0.15, 0.2) is 5.25 Å². The fourth-order valence-corrected chi connectivity index (χ4v) is 3.29. The number of hydrogen-bond donors (Lipinski definition) is 1. The first-order valence-electron chi connectivity index (χ1n) is 6.42. The summed E-state index contributed by atoms with van der Waals surface area (Å²) in [4.78, 5) is 4.38. The molecule has 0 aliphatic rings. The Morgan fingerprint density at radius 2 is 1.52 bits per heavy atom. The number of nitrogens with zero attached hydrogens (tertiary/aromatic N) is 1. The standard InChI is InChI=1S/C16H13NO3S/c18-21(19,20)16(13-7-2-1-3-8-13)15-11-10-12-6-4-5-9-14(12)17-15/h1-11,16H,(H,18,19,20). The maximum absolute atomic E-state index is 11.8. The van der Waals surface area contributed by atoms with Crippen LogP contribution < -0.4 is 0 Å². The Morgan fingerprint density at radius 1 is 0.857 bits per heavy atom. The number of pyridine rings is 1. The first kappa shape index (κ1) is 13.7. The summed E-state index contributed by atoms with van der Waals surface area (Å²) in [5.74, 6) is 0. The smallest absolute Gasteiger partial charge is 0.277 e. The number of aromatic nitrogens is 1. The van der Waals surface area contributed by atoms with Gasteiger partial charge in [-0.2, -0.15) is 8.42 Å². The van der Waals surface area contributed by atoms with Crippen LogP contribution >= 0.6 is 0 Å². The van der Waals surface area contributed by atoms with Crippen molar-refractivity contribution in [3.8, 4) is 0 Å². The largest absolute Gasteiger partial charge is 0.285 e. The van der Waals surface area contributed by atoms with Crippen LogP contribution in [0.3, 0.4) is 0 Å². The molecular formula is C16H13NO3S. The lowest BCUT2D eigenvalue weighted by Crippen LogP contribution is -2.15. The summed E-state index contributed by atoms with van der Waals surface area (Å²) in [5.41, 5.74) is 1.49. The van der Waals surface area contributed by atoms with Crippen molar-refractivity contribution in [1.29, 1.82) is 0 Å². The van der Waals surface area contributed by atoms with Crippen LogP contribution in [0.15, 0.2) is 66.7 Å². The molecule has 0 radical (unpaired) electrons. The average molecular weight is 299 g/mol. The molecule has 1 heterocycles.